The molecule has 1 aliphatic carbocycles. The second-order valence-corrected chi connectivity index (χ2v) is 14.1. The quantitative estimate of drug-likeness (QED) is 0.184. The van der Waals surface area contributed by atoms with Gasteiger partial charge in [0.25, 0.3) is 0 Å². The molecule has 1 heterocycles. The molecule has 0 unspecified atom stereocenters. The first kappa shape index (κ1) is 29.5. The van der Waals surface area contributed by atoms with E-state index in [1.54, 1.807) is 0 Å². The molecule has 0 N–H and O–H groups in total. The van der Waals surface area contributed by atoms with Gasteiger partial charge < -0.3 is 9.32 Å². The first-order valence-electron chi connectivity index (χ1n) is 17.7. The number of hydrogen-bond acceptors (Lipinski definition) is 2. The van der Waals surface area contributed by atoms with Gasteiger partial charge in [-0.2, -0.15) is 0 Å². The van der Waals surface area contributed by atoms with E-state index in [9.17, 15) is 0 Å². The van der Waals surface area contributed by atoms with Gasteiger partial charge in [-0.25, -0.2) is 0 Å². The van der Waals surface area contributed by atoms with Crippen LogP contribution in [0.2, 0.25) is 0 Å². The summed E-state index contributed by atoms with van der Waals surface area (Å²) in [4.78, 5) is 2.45. The van der Waals surface area contributed by atoms with Crippen molar-refractivity contribution in [1.82, 2.24) is 0 Å². The molecule has 10 rings (SSSR count). The van der Waals surface area contributed by atoms with Crippen molar-refractivity contribution in [2.24, 2.45) is 0 Å². The van der Waals surface area contributed by atoms with Gasteiger partial charge in [-0.05, 0) is 63.5 Å². The number of para-hydroxylation sites is 3. The van der Waals surface area contributed by atoms with E-state index in [1.807, 2.05) is 0 Å². The van der Waals surface area contributed by atoms with Crippen LogP contribution in [0, 0.1) is 0 Å². The summed E-state index contributed by atoms with van der Waals surface area (Å²) in [5.41, 5.74) is 14.9. The van der Waals surface area contributed by atoms with Gasteiger partial charge in [0.2, 0.25) is 0 Å². The number of furan rings is 1. The van der Waals surface area contributed by atoms with Crippen LogP contribution in [-0.4, -0.2) is 0 Å². The molecule has 1 aromatic heterocycles. The average molecular weight is 654 g/mol. The summed E-state index contributed by atoms with van der Waals surface area (Å²) in [6.07, 6.45) is 0. The molecular formula is C49H35NO. The van der Waals surface area contributed by atoms with Gasteiger partial charge in [-0.1, -0.05) is 159 Å². The molecule has 0 atom stereocenters. The van der Waals surface area contributed by atoms with Crippen LogP contribution in [0.25, 0.3) is 66.1 Å². The molecule has 0 saturated heterocycles. The monoisotopic (exact) mass is 653 g/mol. The van der Waals surface area contributed by atoms with E-state index < -0.39 is 0 Å². The summed E-state index contributed by atoms with van der Waals surface area (Å²) in [5, 5.41) is 4.56. The highest BCUT2D eigenvalue weighted by molar-refractivity contribution is 6.17. The molecule has 2 nitrogen and oxygen atoms in total. The molecule has 0 spiro atoms. The van der Waals surface area contributed by atoms with Gasteiger partial charge in [0.1, 0.15) is 11.2 Å². The van der Waals surface area contributed by atoms with Gasteiger partial charge in [-0.3, -0.25) is 0 Å². The van der Waals surface area contributed by atoms with E-state index in [1.165, 1.54) is 38.8 Å². The second-order valence-electron chi connectivity index (χ2n) is 14.1. The number of anilines is 3. The smallest absolute Gasteiger partial charge is 0.143 e. The Bertz CT molecular complexity index is 2790. The minimum absolute atomic E-state index is 0.130. The first-order chi connectivity index (χ1) is 25.1. The number of benzene rings is 8. The van der Waals surface area contributed by atoms with Crippen LogP contribution in [0.4, 0.5) is 17.1 Å². The minimum Gasteiger partial charge on any atom is -0.455 e. The zero-order chi connectivity index (χ0) is 34.1. The van der Waals surface area contributed by atoms with E-state index in [0.717, 1.165) is 55.5 Å². The van der Waals surface area contributed by atoms with Crippen molar-refractivity contribution in [3.05, 3.63) is 187 Å². The Balaban J connectivity index is 1.24. The Morgan fingerprint density at radius 1 is 0.412 bits per heavy atom. The second kappa shape index (κ2) is 11.3. The summed E-state index contributed by atoms with van der Waals surface area (Å²) in [7, 11) is 0. The average Bonchev–Trinajstić information content (AvgIpc) is 3.68. The third-order valence-electron chi connectivity index (χ3n) is 10.9. The lowest BCUT2D eigenvalue weighted by molar-refractivity contribution is 0.660. The van der Waals surface area contributed by atoms with Gasteiger partial charge in [0.15, 0.2) is 0 Å². The minimum atomic E-state index is -0.130. The lowest BCUT2D eigenvalue weighted by Gasteiger charge is -2.31. The molecule has 8 aromatic carbocycles. The molecule has 242 valence electrons. The lowest BCUT2D eigenvalue weighted by atomic mass is 9.82. The fourth-order valence-electron chi connectivity index (χ4n) is 8.40. The zero-order valence-corrected chi connectivity index (χ0v) is 28.6. The highest BCUT2D eigenvalue weighted by Gasteiger charge is 2.36. The van der Waals surface area contributed by atoms with Gasteiger partial charge in [0.05, 0.1) is 11.4 Å². The SMILES string of the molecule is CC1(C)c2ccccc2-c2ccc(N(c3ccccc3-c3ccccc3)c3ccccc3-c3cccc4c3oc3c5ccccc5ccc43)cc21. The number of nitrogens with zero attached hydrogens (tertiary/aromatic N) is 1. The Kier molecular flexibility index (Phi) is 6.56. The largest absolute Gasteiger partial charge is 0.455 e. The van der Waals surface area contributed by atoms with Crippen LogP contribution >= 0.6 is 0 Å². The fraction of sp³-hybridized carbons (Fsp3) is 0.0612. The van der Waals surface area contributed by atoms with Gasteiger partial charge >= 0.3 is 0 Å². The van der Waals surface area contributed by atoms with Crippen LogP contribution < -0.4 is 4.90 Å². The standard InChI is InChI=1S/C49H35NO/c1-49(2)43-24-11-8-20-37(43)38-30-28-34(31-44(38)49)50(45-25-12-9-18-35(45)32-15-4-3-5-16-32)46-26-13-10-21-39(46)40-22-14-23-41-42-29-27-33-17-6-7-19-36(33)47(42)51-48(40)41/h3-31H,1-2H3. The van der Waals surface area contributed by atoms with Crippen LogP contribution in [0.3, 0.4) is 0 Å². The first-order valence-corrected chi connectivity index (χ1v) is 17.7. The van der Waals surface area contributed by atoms with Crippen LogP contribution in [0.15, 0.2) is 180 Å². The maximum atomic E-state index is 6.90. The summed E-state index contributed by atoms with van der Waals surface area (Å²) in [5.74, 6) is 0. The molecule has 0 saturated carbocycles. The van der Waals surface area contributed by atoms with Crippen molar-refractivity contribution in [2.75, 3.05) is 4.90 Å². The van der Waals surface area contributed by atoms with Gasteiger partial charge in [0, 0.05) is 44.0 Å². The third-order valence-corrected chi connectivity index (χ3v) is 10.9. The van der Waals surface area contributed by atoms with Crippen LogP contribution in [-0.2, 0) is 5.41 Å². The predicted molar refractivity (Wildman–Crippen MR) is 214 cm³/mol. The van der Waals surface area contributed by atoms with Crippen molar-refractivity contribution >= 4 is 49.8 Å². The van der Waals surface area contributed by atoms with E-state index in [4.69, 9.17) is 4.42 Å². The lowest BCUT2D eigenvalue weighted by Crippen LogP contribution is -2.17. The topological polar surface area (TPSA) is 16.4 Å². The van der Waals surface area contributed by atoms with Crippen molar-refractivity contribution in [2.45, 2.75) is 19.3 Å². The highest BCUT2D eigenvalue weighted by Crippen LogP contribution is 2.52. The molecule has 0 amide bonds. The molecule has 0 radical (unpaired) electrons. The Labute approximate surface area is 297 Å². The maximum Gasteiger partial charge on any atom is 0.143 e. The van der Waals surface area contributed by atoms with Crippen molar-refractivity contribution in [3.8, 4) is 33.4 Å². The van der Waals surface area contributed by atoms with Crippen molar-refractivity contribution in [1.29, 1.82) is 0 Å². The molecule has 0 aliphatic heterocycles. The molecule has 2 heteroatoms. The Morgan fingerprint density at radius 3 is 1.86 bits per heavy atom. The zero-order valence-electron chi connectivity index (χ0n) is 28.6. The molecule has 0 bridgehead atoms. The van der Waals surface area contributed by atoms with Gasteiger partial charge in [-0.15, -0.1) is 0 Å². The van der Waals surface area contributed by atoms with Crippen molar-refractivity contribution < 1.29 is 4.42 Å². The maximum absolute atomic E-state index is 6.90. The van der Waals surface area contributed by atoms with E-state index in [0.29, 0.717) is 0 Å². The van der Waals surface area contributed by atoms with Crippen LogP contribution in [0.5, 0.6) is 0 Å². The Morgan fingerprint density at radius 2 is 1.02 bits per heavy atom. The number of rotatable bonds is 5. The highest BCUT2D eigenvalue weighted by atomic mass is 16.3. The summed E-state index contributed by atoms with van der Waals surface area (Å²) >= 11 is 0. The molecule has 0 fully saturated rings. The molecule has 1 aliphatic rings. The molecule has 9 aromatic rings. The number of hydrogen-bond donors (Lipinski definition) is 0. The van der Waals surface area contributed by atoms with E-state index >= 15 is 0 Å². The molecular weight excluding hydrogens is 619 g/mol. The third kappa shape index (κ3) is 4.50. The summed E-state index contributed by atoms with van der Waals surface area (Å²) in [6, 6.07) is 63.6. The Hall–Kier alpha value is -6.38. The van der Waals surface area contributed by atoms with Crippen LogP contribution in [0.1, 0.15) is 25.0 Å². The summed E-state index contributed by atoms with van der Waals surface area (Å²) < 4.78 is 6.90. The van der Waals surface area contributed by atoms with E-state index in [2.05, 4.69) is 195 Å². The predicted octanol–water partition coefficient (Wildman–Crippen LogP) is 13.8. The van der Waals surface area contributed by atoms with Crippen molar-refractivity contribution in [3.63, 3.8) is 0 Å². The van der Waals surface area contributed by atoms with E-state index in [-0.39, 0.29) is 5.41 Å². The fourth-order valence-corrected chi connectivity index (χ4v) is 8.40. The number of fused-ring (bicyclic) bond motifs is 8. The normalized spacial score (nSPS) is 13.1. The summed E-state index contributed by atoms with van der Waals surface area (Å²) in [6.45, 7) is 4.70. The molecule has 51 heavy (non-hydrogen) atoms.